The van der Waals surface area contributed by atoms with E-state index in [1.54, 1.807) is 14.2 Å². The predicted molar refractivity (Wildman–Crippen MR) is 119 cm³/mol. The Morgan fingerprint density at radius 1 is 0.500 bits per heavy atom. The molecule has 5 nitrogen and oxygen atoms in total. The highest BCUT2D eigenvalue weighted by molar-refractivity contribution is 5.91. The molecule has 3 aromatic heterocycles. The van der Waals surface area contributed by atoms with E-state index in [2.05, 4.69) is 6.07 Å². The van der Waals surface area contributed by atoms with Gasteiger partial charge in [0.15, 0.2) is 11.3 Å². The predicted octanol–water partition coefficient (Wildman–Crippen LogP) is 5.53. The minimum absolute atomic E-state index is 0.676. The molecule has 0 saturated heterocycles. The molecular formula is C25H19N3O2. The van der Waals surface area contributed by atoms with Crippen molar-refractivity contribution in [3.63, 3.8) is 0 Å². The van der Waals surface area contributed by atoms with Gasteiger partial charge >= 0.3 is 0 Å². The van der Waals surface area contributed by atoms with Crippen molar-refractivity contribution in [1.29, 1.82) is 0 Å². The molecule has 0 N–H and O–H groups in total. The third-order valence-electron chi connectivity index (χ3n) is 5.11. The molecule has 0 aliphatic carbocycles. The van der Waals surface area contributed by atoms with E-state index >= 15 is 0 Å². The maximum atomic E-state index is 5.24. The summed E-state index contributed by atoms with van der Waals surface area (Å²) in [5, 5.41) is 1.97. The number of benzene rings is 2. The highest BCUT2D eigenvalue weighted by Gasteiger charge is 2.08. The molecule has 2 aromatic carbocycles. The number of hydrogen-bond acceptors (Lipinski definition) is 5. The summed E-state index contributed by atoms with van der Waals surface area (Å²) >= 11 is 0. The normalized spacial score (nSPS) is 11.0. The van der Waals surface area contributed by atoms with Crippen molar-refractivity contribution in [3.8, 4) is 34.0 Å². The molecule has 0 bridgehead atoms. The highest BCUT2D eigenvalue weighted by atomic mass is 16.5. The van der Waals surface area contributed by atoms with Gasteiger partial charge in [0.1, 0.15) is 11.5 Å². The van der Waals surface area contributed by atoms with E-state index in [-0.39, 0.29) is 0 Å². The second-order valence-corrected chi connectivity index (χ2v) is 6.93. The van der Waals surface area contributed by atoms with Gasteiger partial charge in [-0.25, -0.2) is 15.0 Å². The van der Waals surface area contributed by atoms with Crippen molar-refractivity contribution in [1.82, 2.24) is 15.0 Å². The van der Waals surface area contributed by atoms with Crippen LogP contribution in [0.25, 0.3) is 44.6 Å². The summed E-state index contributed by atoms with van der Waals surface area (Å²) in [6.07, 6.45) is 0. The maximum absolute atomic E-state index is 5.24. The van der Waals surface area contributed by atoms with E-state index in [0.717, 1.165) is 44.8 Å². The summed E-state index contributed by atoms with van der Waals surface area (Å²) in [5.41, 5.74) is 5.11. The van der Waals surface area contributed by atoms with Crippen LogP contribution in [0, 0.1) is 0 Å². The second kappa shape index (κ2) is 7.44. The summed E-state index contributed by atoms with van der Waals surface area (Å²) in [6, 6.07) is 25.9. The van der Waals surface area contributed by atoms with Crippen LogP contribution in [0.5, 0.6) is 11.5 Å². The summed E-state index contributed by atoms with van der Waals surface area (Å²) in [4.78, 5) is 14.3. The number of aromatic nitrogens is 3. The van der Waals surface area contributed by atoms with Crippen molar-refractivity contribution in [2.24, 2.45) is 0 Å². The van der Waals surface area contributed by atoms with Crippen molar-refractivity contribution < 1.29 is 9.47 Å². The smallest absolute Gasteiger partial charge is 0.162 e. The van der Waals surface area contributed by atoms with E-state index in [0.29, 0.717) is 11.3 Å². The van der Waals surface area contributed by atoms with E-state index in [1.165, 1.54) is 0 Å². The first-order valence-electron chi connectivity index (χ1n) is 9.61. The number of methoxy groups -OCH3 is 2. The molecule has 5 aromatic rings. The van der Waals surface area contributed by atoms with Crippen LogP contribution in [-0.2, 0) is 0 Å². The molecular weight excluding hydrogens is 374 g/mol. The van der Waals surface area contributed by atoms with Crippen LogP contribution in [0.4, 0.5) is 0 Å². The Hall–Kier alpha value is -3.99. The van der Waals surface area contributed by atoms with Gasteiger partial charge in [-0.2, -0.15) is 0 Å². The molecule has 0 fully saturated rings. The van der Waals surface area contributed by atoms with E-state index in [1.807, 2.05) is 72.8 Å². The minimum atomic E-state index is 0.676. The lowest BCUT2D eigenvalue weighted by Crippen LogP contribution is -1.93. The SMILES string of the molecule is COc1ccc(-c2ccc3cc4ccc(-c5ccc(OC)cc5)nc4nc3n2)cc1. The van der Waals surface area contributed by atoms with Gasteiger partial charge in [-0.1, -0.05) is 0 Å². The van der Waals surface area contributed by atoms with E-state index in [4.69, 9.17) is 24.4 Å². The highest BCUT2D eigenvalue weighted by Crippen LogP contribution is 2.26. The quantitative estimate of drug-likeness (QED) is 0.376. The standard InChI is InChI=1S/C25H19N3O2/c1-29-20-9-3-16(4-10-20)22-13-7-18-15-19-8-14-23(27-25(19)28-24(18)26-22)17-5-11-21(30-2)12-6-17/h3-15H,1-2H3. The Labute approximate surface area is 174 Å². The number of pyridine rings is 3. The van der Waals surface area contributed by atoms with Crippen molar-refractivity contribution in [2.75, 3.05) is 14.2 Å². The molecule has 5 rings (SSSR count). The maximum Gasteiger partial charge on any atom is 0.162 e. The molecule has 0 spiro atoms. The molecule has 0 aliphatic rings. The molecule has 0 saturated carbocycles. The summed E-state index contributed by atoms with van der Waals surface area (Å²) in [7, 11) is 3.32. The largest absolute Gasteiger partial charge is 0.497 e. The molecule has 0 atom stereocenters. The molecule has 0 amide bonds. The van der Waals surface area contributed by atoms with E-state index < -0.39 is 0 Å². The Balaban J connectivity index is 1.57. The Bertz CT molecular complexity index is 1240. The fourth-order valence-corrected chi connectivity index (χ4v) is 3.44. The molecule has 30 heavy (non-hydrogen) atoms. The van der Waals surface area contributed by atoms with Crippen LogP contribution >= 0.6 is 0 Å². The molecule has 146 valence electrons. The number of nitrogens with zero attached hydrogens (tertiary/aromatic N) is 3. The lowest BCUT2D eigenvalue weighted by molar-refractivity contribution is 0.415. The van der Waals surface area contributed by atoms with Gasteiger partial charge in [0, 0.05) is 21.9 Å². The average molecular weight is 393 g/mol. The first kappa shape index (κ1) is 18.1. The van der Waals surface area contributed by atoms with Gasteiger partial charge in [0.05, 0.1) is 25.6 Å². The lowest BCUT2D eigenvalue weighted by Gasteiger charge is -2.07. The van der Waals surface area contributed by atoms with Gasteiger partial charge < -0.3 is 9.47 Å². The molecule has 3 heterocycles. The van der Waals surface area contributed by atoms with Gasteiger partial charge in [0.25, 0.3) is 0 Å². The molecule has 0 aliphatic heterocycles. The summed E-state index contributed by atoms with van der Waals surface area (Å²) < 4.78 is 10.5. The number of fused-ring (bicyclic) bond motifs is 2. The van der Waals surface area contributed by atoms with Crippen LogP contribution < -0.4 is 9.47 Å². The molecule has 0 unspecified atom stereocenters. The molecule has 5 heteroatoms. The minimum Gasteiger partial charge on any atom is -0.497 e. The Kier molecular flexibility index (Phi) is 4.48. The molecule has 0 radical (unpaired) electrons. The summed E-state index contributed by atoms with van der Waals surface area (Å²) in [6.45, 7) is 0. The number of hydrogen-bond donors (Lipinski definition) is 0. The van der Waals surface area contributed by atoms with Crippen molar-refractivity contribution in [3.05, 3.63) is 78.9 Å². The zero-order chi connectivity index (χ0) is 20.5. The fraction of sp³-hybridized carbons (Fsp3) is 0.0800. The van der Waals surface area contributed by atoms with Gasteiger partial charge in [-0.3, -0.25) is 0 Å². The van der Waals surface area contributed by atoms with Crippen molar-refractivity contribution in [2.45, 2.75) is 0 Å². The van der Waals surface area contributed by atoms with Crippen LogP contribution in [-0.4, -0.2) is 29.2 Å². The van der Waals surface area contributed by atoms with Gasteiger partial charge in [-0.15, -0.1) is 0 Å². The third-order valence-corrected chi connectivity index (χ3v) is 5.11. The average Bonchev–Trinajstić information content (AvgIpc) is 2.82. The zero-order valence-electron chi connectivity index (χ0n) is 16.7. The van der Waals surface area contributed by atoms with E-state index in [9.17, 15) is 0 Å². The fourth-order valence-electron chi connectivity index (χ4n) is 3.44. The third kappa shape index (κ3) is 3.31. The topological polar surface area (TPSA) is 57.1 Å². The van der Waals surface area contributed by atoms with Crippen LogP contribution in [0.15, 0.2) is 78.9 Å². The van der Waals surface area contributed by atoms with Crippen LogP contribution in [0.2, 0.25) is 0 Å². The Morgan fingerprint density at radius 3 is 1.33 bits per heavy atom. The van der Waals surface area contributed by atoms with Crippen molar-refractivity contribution >= 4 is 22.1 Å². The summed E-state index contributed by atoms with van der Waals surface area (Å²) in [5.74, 6) is 1.64. The van der Waals surface area contributed by atoms with Gasteiger partial charge in [0.2, 0.25) is 0 Å². The van der Waals surface area contributed by atoms with Crippen LogP contribution in [0.3, 0.4) is 0 Å². The Morgan fingerprint density at radius 2 is 0.933 bits per heavy atom. The van der Waals surface area contributed by atoms with Crippen LogP contribution in [0.1, 0.15) is 0 Å². The monoisotopic (exact) mass is 393 g/mol. The van der Waals surface area contributed by atoms with Gasteiger partial charge in [-0.05, 0) is 78.9 Å². The lowest BCUT2D eigenvalue weighted by atomic mass is 10.1. The zero-order valence-corrected chi connectivity index (χ0v) is 16.7. The second-order valence-electron chi connectivity index (χ2n) is 6.93. The number of ether oxygens (including phenoxy) is 2. The number of rotatable bonds is 4. The first-order chi connectivity index (χ1) is 14.7. The first-order valence-corrected chi connectivity index (χ1v) is 9.61.